The SMILES string of the molecule is Cc1ccccc1C(=O)Nc1c(Cl)cc(C(=O)O)cc1Cl. The van der Waals surface area contributed by atoms with Gasteiger partial charge in [-0.3, -0.25) is 4.79 Å². The molecule has 0 aliphatic rings. The first-order chi connectivity index (χ1) is 9.90. The topological polar surface area (TPSA) is 66.4 Å². The number of aryl methyl sites for hydroxylation is 1. The number of rotatable bonds is 3. The molecule has 0 fully saturated rings. The van der Waals surface area contributed by atoms with Crippen molar-refractivity contribution in [3.8, 4) is 0 Å². The van der Waals surface area contributed by atoms with Crippen LogP contribution in [0.25, 0.3) is 0 Å². The van der Waals surface area contributed by atoms with Gasteiger partial charge in [0.05, 0.1) is 21.3 Å². The first-order valence-corrected chi connectivity index (χ1v) is 6.75. The van der Waals surface area contributed by atoms with Crippen LogP contribution in [0.3, 0.4) is 0 Å². The summed E-state index contributed by atoms with van der Waals surface area (Å²) in [5.74, 6) is -1.50. The van der Waals surface area contributed by atoms with Gasteiger partial charge < -0.3 is 10.4 Å². The van der Waals surface area contributed by atoms with E-state index < -0.39 is 5.97 Å². The highest BCUT2D eigenvalue weighted by atomic mass is 35.5. The molecule has 2 aromatic carbocycles. The van der Waals surface area contributed by atoms with E-state index in [2.05, 4.69) is 5.32 Å². The normalized spacial score (nSPS) is 10.2. The highest BCUT2D eigenvalue weighted by molar-refractivity contribution is 6.40. The number of nitrogens with one attached hydrogen (secondary N) is 1. The molecule has 0 saturated heterocycles. The fraction of sp³-hybridized carbons (Fsp3) is 0.0667. The number of amides is 1. The van der Waals surface area contributed by atoms with Gasteiger partial charge in [-0.25, -0.2) is 4.79 Å². The Bertz CT molecular complexity index is 706. The van der Waals surface area contributed by atoms with E-state index in [1.807, 2.05) is 19.1 Å². The Morgan fingerprint density at radius 3 is 2.19 bits per heavy atom. The lowest BCUT2D eigenvalue weighted by atomic mass is 10.1. The molecule has 4 nitrogen and oxygen atoms in total. The second-order valence-electron chi connectivity index (χ2n) is 4.39. The third kappa shape index (κ3) is 3.35. The third-order valence-electron chi connectivity index (χ3n) is 2.92. The Morgan fingerprint density at radius 1 is 1.10 bits per heavy atom. The van der Waals surface area contributed by atoms with E-state index in [9.17, 15) is 9.59 Å². The minimum Gasteiger partial charge on any atom is -0.478 e. The average Bonchev–Trinajstić information content (AvgIpc) is 2.42. The summed E-state index contributed by atoms with van der Waals surface area (Å²) in [6.45, 7) is 1.81. The number of aromatic carboxylic acids is 1. The van der Waals surface area contributed by atoms with E-state index in [1.165, 1.54) is 12.1 Å². The lowest BCUT2D eigenvalue weighted by molar-refractivity contribution is 0.0696. The molecule has 0 bridgehead atoms. The van der Waals surface area contributed by atoms with Gasteiger partial charge in [-0.1, -0.05) is 41.4 Å². The number of hydrogen-bond acceptors (Lipinski definition) is 2. The van der Waals surface area contributed by atoms with Gasteiger partial charge in [-0.05, 0) is 30.7 Å². The molecule has 2 N–H and O–H groups in total. The minimum atomic E-state index is -1.14. The number of carbonyl (C=O) groups is 2. The molecule has 1 amide bonds. The van der Waals surface area contributed by atoms with Crippen LogP contribution in [0.1, 0.15) is 26.3 Å². The van der Waals surface area contributed by atoms with Crippen molar-refractivity contribution < 1.29 is 14.7 Å². The van der Waals surface area contributed by atoms with E-state index in [0.29, 0.717) is 5.56 Å². The Labute approximate surface area is 131 Å². The highest BCUT2D eigenvalue weighted by Crippen LogP contribution is 2.32. The minimum absolute atomic E-state index is 0.0427. The van der Waals surface area contributed by atoms with Crippen LogP contribution < -0.4 is 5.32 Å². The van der Waals surface area contributed by atoms with Gasteiger partial charge in [0.2, 0.25) is 0 Å². The molecule has 0 spiro atoms. The summed E-state index contributed by atoms with van der Waals surface area (Å²) in [4.78, 5) is 23.1. The molecule has 0 aliphatic heterocycles. The molecule has 0 aromatic heterocycles. The number of hydrogen-bond donors (Lipinski definition) is 2. The number of carboxylic acid groups (broad SMARTS) is 1. The van der Waals surface area contributed by atoms with Crippen LogP contribution in [-0.4, -0.2) is 17.0 Å². The first-order valence-electron chi connectivity index (χ1n) is 5.99. The third-order valence-corrected chi connectivity index (χ3v) is 3.51. The van der Waals surface area contributed by atoms with Crippen molar-refractivity contribution in [2.45, 2.75) is 6.92 Å². The van der Waals surface area contributed by atoms with Crippen LogP contribution in [0, 0.1) is 6.92 Å². The fourth-order valence-electron chi connectivity index (χ4n) is 1.82. The smallest absolute Gasteiger partial charge is 0.335 e. The zero-order valence-electron chi connectivity index (χ0n) is 11.0. The quantitative estimate of drug-likeness (QED) is 0.887. The summed E-state index contributed by atoms with van der Waals surface area (Å²) in [7, 11) is 0. The lowest BCUT2D eigenvalue weighted by Gasteiger charge is -2.11. The molecular formula is C15H11Cl2NO3. The second kappa shape index (κ2) is 6.16. The molecule has 0 aliphatic carbocycles. The summed E-state index contributed by atoms with van der Waals surface area (Å²) in [5.41, 5.74) is 1.45. The maximum absolute atomic E-state index is 12.2. The second-order valence-corrected chi connectivity index (χ2v) is 5.20. The molecule has 6 heteroatoms. The first kappa shape index (κ1) is 15.4. The van der Waals surface area contributed by atoms with Gasteiger partial charge in [0.1, 0.15) is 0 Å². The number of halogens is 2. The standard InChI is InChI=1S/C15H11Cl2NO3/c1-8-4-2-3-5-10(8)14(19)18-13-11(16)6-9(15(20)21)7-12(13)17/h2-7H,1H3,(H,18,19)(H,20,21). The van der Waals surface area contributed by atoms with Gasteiger partial charge in [-0.2, -0.15) is 0 Å². The van der Waals surface area contributed by atoms with Crippen molar-refractivity contribution in [3.05, 3.63) is 63.1 Å². The predicted molar refractivity (Wildman–Crippen MR) is 82.6 cm³/mol. The maximum atomic E-state index is 12.2. The number of benzene rings is 2. The predicted octanol–water partition coefficient (Wildman–Crippen LogP) is 4.25. The van der Waals surface area contributed by atoms with E-state index in [4.69, 9.17) is 28.3 Å². The van der Waals surface area contributed by atoms with E-state index >= 15 is 0 Å². The molecule has 21 heavy (non-hydrogen) atoms. The maximum Gasteiger partial charge on any atom is 0.335 e. The molecular weight excluding hydrogens is 313 g/mol. The van der Waals surface area contributed by atoms with Crippen LogP contribution in [-0.2, 0) is 0 Å². The van der Waals surface area contributed by atoms with Crippen molar-refractivity contribution in [1.82, 2.24) is 0 Å². The lowest BCUT2D eigenvalue weighted by Crippen LogP contribution is -2.14. The molecule has 2 rings (SSSR count). The summed E-state index contributed by atoms with van der Waals surface area (Å²) >= 11 is 12.0. The van der Waals surface area contributed by atoms with Crippen molar-refractivity contribution in [2.24, 2.45) is 0 Å². The molecule has 2 aromatic rings. The molecule has 0 radical (unpaired) electrons. The van der Waals surface area contributed by atoms with Gasteiger partial charge in [0.25, 0.3) is 5.91 Å². The summed E-state index contributed by atoms with van der Waals surface area (Å²) in [6.07, 6.45) is 0. The number of carboxylic acids is 1. The van der Waals surface area contributed by atoms with Gasteiger partial charge in [-0.15, -0.1) is 0 Å². The van der Waals surface area contributed by atoms with Crippen molar-refractivity contribution in [2.75, 3.05) is 5.32 Å². The van der Waals surface area contributed by atoms with Crippen LogP contribution in [0.4, 0.5) is 5.69 Å². The van der Waals surface area contributed by atoms with Crippen LogP contribution >= 0.6 is 23.2 Å². The van der Waals surface area contributed by atoms with Crippen molar-refractivity contribution in [3.63, 3.8) is 0 Å². The fourth-order valence-corrected chi connectivity index (χ4v) is 2.41. The largest absolute Gasteiger partial charge is 0.478 e. The number of carbonyl (C=O) groups excluding carboxylic acids is 1. The number of anilines is 1. The van der Waals surface area contributed by atoms with Crippen molar-refractivity contribution in [1.29, 1.82) is 0 Å². The van der Waals surface area contributed by atoms with Gasteiger partial charge in [0.15, 0.2) is 0 Å². The molecule has 108 valence electrons. The molecule has 0 atom stereocenters. The average molecular weight is 324 g/mol. The van der Waals surface area contributed by atoms with E-state index in [0.717, 1.165) is 5.56 Å². The van der Waals surface area contributed by atoms with E-state index in [1.54, 1.807) is 12.1 Å². The highest BCUT2D eigenvalue weighted by Gasteiger charge is 2.16. The van der Waals surface area contributed by atoms with Gasteiger partial charge in [0, 0.05) is 5.56 Å². The Balaban J connectivity index is 2.34. The summed E-state index contributed by atoms with van der Waals surface area (Å²) < 4.78 is 0. The van der Waals surface area contributed by atoms with E-state index in [-0.39, 0.29) is 27.2 Å². The zero-order chi connectivity index (χ0) is 15.6. The Kier molecular flexibility index (Phi) is 4.50. The van der Waals surface area contributed by atoms with Gasteiger partial charge >= 0.3 is 5.97 Å². The van der Waals surface area contributed by atoms with Crippen LogP contribution in [0.2, 0.25) is 10.0 Å². The molecule has 0 unspecified atom stereocenters. The van der Waals surface area contributed by atoms with Crippen molar-refractivity contribution >= 4 is 40.8 Å². The van der Waals surface area contributed by atoms with Crippen LogP contribution in [0.5, 0.6) is 0 Å². The Morgan fingerprint density at radius 2 is 1.67 bits per heavy atom. The summed E-state index contributed by atoms with van der Waals surface area (Å²) in [5, 5.41) is 11.7. The Hall–Kier alpha value is -2.04. The van der Waals surface area contributed by atoms with Crippen LogP contribution in [0.15, 0.2) is 36.4 Å². The zero-order valence-corrected chi connectivity index (χ0v) is 12.5. The molecule has 0 saturated carbocycles. The monoisotopic (exact) mass is 323 g/mol. The molecule has 0 heterocycles. The summed E-state index contributed by atoms with van der Waals surface area (Å²) in [6, 6.07) is 9.54.